The molecule has 8 heteroatoms. The third-order valence-electron chi connectivity index (χ3n) is 3.17. The average Bonchev–Trinajstić information content (AvgIpc) is 2.91. The van der Waals surface area contributed by atoms with Gasteiger partial charge in [0.05, 0.1) is 0 Å². The van der Waals surface area contributed by atoms with Crippen molar-refractivity contribution < 1.29 is 27.1 Å². The summed E-state index contributed by atoms with van der Waals surface area (Å²) in [5, 5.41) is 3.06. The van der Waals surface area contributed by atoms with Gasteiger partial charge in [-0.15, -0.1) is 13.2 Å². The largest absolute Gasteiger partial charge is 0.573 e. The van der Waals surface area contributed by atoms with Crippen molar-refractivity contribution in [2.75, 3.05) is 5.32 Å². The van der Waals surface area contributed by atoms with E-state index in [2.05, 4.69) is 15.0 Å². The van der Waals surface area contributed by atoms with E-state index in [1.165, 1.54) is 36.4 Å². The molecular formula is C16H10F4N2O2. The zero-order chi connectivity index (χ0) is 17.3. The summed E-state index contributed by atoms with van der Waals surface area (Å²) in [6.07, 6.45) is -4.77. The van der Waals surface area contributed by atoms with Gasteiger partial charge in [-0.25, -0.2) is 4.39 Å². The van der Waals surface area contributed by atoms with E-state index in [1.54, 1.807) is 0 Å². The highest BCUT2D eigenvalue weighted by Crippen LogP contribution is 2.24. The number of alkyl halides is 3. The second-order valence-corrected chi connectivity index (χ2v) is 4.94. The van der Waals surface area contributed by atoms with Crippen molar-refractivity contribution in [2.45, 2.75) is 6.36 Å². The number of aromatic amines is 1. The van der Waals surface area contributed by atoms with Crippen LogP contribution in [0.5, 0.6) is 5.75 Å². The number of rotatable bonds is 3. The summed E-state index contributed by atoms with van der Waals surface area (Å²) in [5.41, 5.74) is 1.08. The number of aromatic nitrogens is 1. The second-order valence-electron chi connectivity index (χ2n) is 4.94. The molecule has 0 atom stereocenters. The van der Waals surface area contributed by atoms with Gasteiger partial charge in [0.25, 0.3) is 5.91 Å². The lowest BCUT2D eigenvalue weighted by Crippen LogP contribution is -2.17. The predicted octanol–water partition coefficient (Wildman–Crippen LogP) is 4.46. The number of benzene rings is 2. The van der Waals surface area contributed by atoms with E-state index >= 15 is 0 Å². The molecule has 0 aliphatic heterocycles. The van der Waals surface area contributed by atoms with E-state index in [0.29, 0.717) is 16.6 Å². The quantitative estimate of drug-likeness (QED) is 0.693. The molecule has 2 N–H and O–H groups in total. The lowest BCUT2D eigenvalue weighted by atomic mass is 10.2. The number of H-pyrrole nitrogens is 1. The molecule has 0 saturated carbocycles. The molecule has 0 aliphatic rings. The molecule has 4 nitrogen and oxygen atoms in total. The molecule has 1 heterocycles. The Kier molecular flexibility index (Phi) is 3.88. The Hall–Kier alpha value is -3.03. The molecule has 0 saturated heterocycles. The minimum Gasteiger partial charge on any atom is -0.406 e. The van der Waals surface area contributed by atoms with Gasteiger partial charge in [0.2, 0.25) is 0 Å². The van der Waals surface area contributed by atoms with Crippen molar-refractivity contribution in [2.24, 2.45) is 0 Å². The molecular weight excluding hydrogens is 328 g/mol. The van der Waals surface area contributed by atoms with Gasteiger partial charge in [-0.1, -0.05) is 0 Å². The number of ether oxygens (including phenoxy) is 1. The molecule has 3 aromatic rings. The number of carbonyl (C=O) groups is 1. The molecule has 24 heavy (non-hydrogen) atoms. The van der Waals surface area contributed by atoms with Crippen LogP contribution in [-0.2, 0) is 0 Å². The molecule has 0 bridgehead atoms. The first kappa shape index (κ1) is 15.9. The molecule has 124 valence electrons. The minimum atomic E-state index is -4.77. The number of nitrogens with one attached hydrogen (secondary N) is 2. The van der Waals surface area contributed by atoms with Crippen LogP contribution in [0, 0.1) is 5.82 Å². The SMILES string of the molecule is O=C(Nc1ccc(OC(F)(F)F)cc1)c1cc2cc(F)ccc2[nH]1. The molecule has 1 amide bonds. The molecule has 0 spiro atoms. The van der Waals surface area contributed by atoms with Crippen molar-refractivity contribution in [3.05, 3.63) is 60.0 Å². The summed E-state index contributed by atoms with van der Waals surface area (Å²) in [4.78, 5) is 15.0. The van der Waals surface area contributed by atoms with Gasteiger partial charge in [-0.2, -0.15) is 0 Å². The number of hydrogen-bond acceptors (Lipinski definition) is 2. The zero-order valence-electron chi connectivity index (χ0n) is 11.9. The van der Waals surface area contributed by atoms with Gasteiger partial charge in [-0.05, 0) is 48.5 Å². The summed E-state index contributed by atoms with van der Waals surface area (Å²) in [5.74, 6) is -1.31. The highest BCUT2D eigenvalue weighted by Gasteiger charge is 2.30. The van der Waals surface area contributed by atoms with Crippen molar-refractivity contribution in [3.63, 3.8) is 0 Å². The van der Waals surface area contributed by atoms with Crippen molar-refractivity contribution in [1.82, 2.24) is 4.98 Å². The smallest absolute Gasteiger partial charge is 0.406 e. The Labute approximate surface area is 133 Å². The number of amides is 1. The van der Waals surface area contributed by atoms with Crippen LogP contribution in [0.1, 0.15) is 10.5 Å². The van der Waals surface area contributed by atoms with Crippen LogP contribution < -0.4 is 10.1 Å². The molecule has 0 radical (unpaired) electrons. The van der Waals surface area contributed by atoms with E-state index < -0.39 is 18.1 Å². The molecule has 3 rings (SSSR count). The maximum absolute atomic E-state index is 13.1. The Bertz CT molecular complexity index is 885. The molecule has 2 aromatic carbocycles. The minimum absolute atomic E-state index is 0.200. The Morgan fingerprint density at radius 3 is 2.42 bits per heavy atom. The molecule has 1 aromatic heterocycles. The van der Waals surface area contributed by atoms with Gasteiger partial charge in [0.15, 0.2) is 0 Å². The molecule has 0 unspecified atom stereocenters. The van der Waals surface area contributed by atoms with E-state index in [-0.39, 0.29) is 11.4 Å². The average molecular weight is 338 g/mol. The standard InChI is InChI=1S/C16H10F4N2O2/c17-10-1-6-13-9(7-10)8-14(22-13)15(23)21-11-2-4-12(5-3-11)24-16(18,19)20/h1-8,22H,(H,21,23). The topological polar surface area (TPSA) is 54.1 Å². The fourth-order valence-corrected chi connectivity index (χ4v) is 2.16. The van der Waals surface area contributed by atoms with Crippen LogP contribution in [-0.4, -0.2) is 17.3 Å². The third-order valence-corrected chi connectivity index (χ3v) is 3.17. The first-order valence-electron chi connectivity index (χ1n) is 6.76. The van der Waals surface area contributed by atoms with E-state index in [9.17, 15) is 22.4 Å². The van der Waals surface area contributed by atoms with Crippen LogP contribution in [0.2, 0.25) is 0 Å². The molecule has 0 fully saturated rings. The maximum Gasteiger partial charge on any atom is 0.573 e. The van der Waals surface area contributed by atoms with Gasteiger partial charge < -0.3 is 15.0 Å². The van der Waals surface area contributed by atoms with Gasteiger partial charge in [0.1, 0.15) is 17.3 Å². The summed E-state index contributed by atoms with van der Waals surface area (Å²) >= 11 is 0. The first-order chi connectivity index (χ1) is 11.3. The fraction of sp³-hybridized carbons (Fsp3) is 0.0625. The predicted molar refractivity (Wildman–Crippen MR) is 79.3 cm³/mol. The van der Waals surface area contributed by atoms with Crippen molar-refractivity contribution >= 4 is 22.5 Å². The molecule has 0 aliphatic carbocycles. The Morgan fingerprint density at radius 1 is 1.04 bits per heavy atom. The summed E-state index contributed by atoms with van der Waals surface area (Å²) in [6.45, 7) is 0. The monoisotopic (exact) mass is 338 g/mol. The lowest BCUT2D eigenvalue weighted by molar-refractivity contribution is -0.274. The second kappa shape index (κ2) is 5.88. The highest BCUT2D eigenvalue weighted by atomic mass is 19.4. The van der Waals surface area contributed by atoms with Crippen LogP contribution in [0.3, 0.4) is 0 Å². The normalized spacial score (nSPS) is 11.5. The Morgan fingerprint density at radius 2 is 1.75 bits per heavy atom. The van der Waals surface area contributed by atoms with Crippen molar-refractivity contribution in [3.8, 4) is 5.75 Å². The highest BCUT2D eigenvalue weighted by molar-refractivity contribution is 6.05. The Balaban J connectivity index is 1.73. The summed E-state index contributed by atoms with van der Waals surface area (Å²) < 4.78 is 53.1. The van der Waals surface area contributed by atoms with E-state index in [1.807, 2.05) is 0 Å². The number of carbonyl (C=O) groups excluding carboxylic acids is 1. The van der Waals surface area contributed by atoms with Crippen LogP contribution in [0.25, 0.3) is 10.9 Å². The number of anilines is 1. The zero-order valence-corrected chi connectivity index (χ0v) is 11.9. The maximum atomic E-state index is 13.1. The lowest BCUT2D eigenvalue weighted by Gasteiger charge is -2.09. The van der Waals surface area contributed by atoms with Crippen LogP contribution in [0.4, 0.5) is 23.2 Å². The van der Waals surface area contributed by atoms with E-state index in [0.717, 1.165) is 12.1 Å². The van der Waals surface area contributed by atoms with Crippen LogP contribution >= 0.6 is 0 Å². The number of halogens is 4. The van der Waals surface area contributed by atoms with E-state index in [4.69, 9.17) is 0 Å². The van der Waals surface area contributed by atoms with Crippen LogP contribution in [0.15, 0.2) is 48.5 Å². The third kappa shape index (κ3) is 3.65. The summed E-state index contributed by atoms with van der Waals surface area (Å²) in [7, 11) is 0. The first-order valence-corrected chi connectivity index (χ1v) is 6.76. The summed E-state index contributed by atoms with van der Waals surface area (Å²) in [6, 6.07) is 10.3. The number of hydrogen-bond donors (Lipinski definition) is 2. The van der Waals surface area contributed by atoms with Gasteiger partial charge in [-0.3, -0.25) is 4.79 Å². The van der Waals surface area contributed by atoms with Gasteiger partial charge >= 0.3 is 6.36 Å². The number of fused-ring (bicyclic) bond motifs is 1. The van der Waals surface area contributed by atoms with Crippen molar-refractivity contribution in [1.29, 1.82) is 0 Å². The van der Waals surface area contributed by atoms with Gasteiger partial charge in [0, 0.05) is 16.6 Å². The fourth-order valence-electron chi connectivity index (χ4n) is 2.16.